The van der Waals surface area contributed by atoms with Gasteiger partial charge in [0.25, 0.3) is 0 Å². The van der Waals surface area contributed by atoms with Gasteiger partial charge in [0.1, 0.15) is 5.82 Å². The first-order valence-corrected chi connectivity index (χ1v) is 6.65. The Labute approximate surface area is 104 Å². The molecule has 3 heteroatoms. The summed E-state index contributed by atoms with van der Waals surface area (Å²) in [4.78, 5) is 6.98. The number of aromatic nitrogens is 1. The van der Waals surface area contributed by atoms with E-state index in [-0.39, 0.29) is 6.04 Å². The molecule has 3 nitrogen and oxygen atoms in total. The molecule has 0 saturated carbocycles. The van der Waals surface area contributed by atoms with Crippen LogP contribution < -0.4 is 10.6 Å². The molecule has 0 radical (unpaired) electrons. The van der Waals surface area contributed by atoms with Crippen molar-refractivity contribution in [2.24, 2.45) is 5.73 Å². The van der Waals surface area contributed by atoms with Gasteiger partial charge < -0.3 is 10.6 Å². The number of rotatable bonds is 2. The minimum atomic E-state index is 0.0701. The fourth-order valence-corrected chi connectivity index (χ4v) is 2.50. The number of nitrogens with two attached hydrogens (primary N) is 1. The second-order valence-electron chi connectivity index (χ2n) is 5.09. The quantitative estimate of drug-likeness (QED) is 0.854. The van der Waals surface area contributed by atoms with Crippen LogP contribution in [0.15, 0.2) is 12.3 Å². The predicted molar refractivity (Wildman–Crippen MR) is 72.3 cm³/mol. The van der Waals surface area contributed by atoms with Gasteiger partial charge in [-0.2, -0.15) is 0 Å². The summed E-state index contributed by atoms with van der Waals surface area (Å²) in [7, 11) is 0. The summed E-state index contributed by atoms with van der Waals surface area (Å²) in [5.41, 5.74) is 8.33. The summed E-state index contributed by atoms with van der Waals surface area (Å²) < 4.78 is 0. The Hall–Kier alpha value is -1.09. The maximum atomic E-state index is 5.91. The number of nitrogens with zero attached hydrogens (tertiary/aromatic N) is 2. The highest BCUT2D eigenvalue weighted by atomic mass is 15.2. The van der Waals surface area contributed by atoms with E-state index in [9.17, 15) is 0 Å². The highest BCUT2D eigenvalue weighted by molar-refractivity contribution is 5.44. The first-order chi connectivity index (χ1) is 8.18. The third-order valence-corrected chi connectivity index (χ3v) is 3.56. The molecule has 0 aliphatic carbocycles. The summed E-state index contributed by atoms with van der Waals surface area (Å²) in [5, 5.41) is 0. The van der Waals surface area contributed by atoms with Crippen LogP contribution in [0.3, 0.4) is 0 Å². The van der Waals surface area contributed by atoms with Gasteiger partial charge in [0.05, 0.1) is 0 Å². The molecule has 0 aromatic carbocycles. The molecule has 94 valence electrons. The zero-order valence-corrected chi connectivity index (χ0v) is 10.9. The fraction of sp³-hybridized carbons (Fsp3) is 0.643. The summed E-state index contributed by atoms with van der Waals surface area (Å²) in [6.45, 7) is 6.42. The summed E-state index contributed by atoms with van der Waals surface area (Å²) in [5.74, 6) is 1.12. The van der Waals surface area contributed by atoms with E-state index >= 15 is 0 Å². The fourth-order valence-electron chi connectivity index (χ4n) is 2.50. The lowest BCUT2D eigenvalue weighted by atomic mass is 10.1. The van der Waals surface area contributed by atoms with E-state index in [0.717, 1.165) is 24.5 Å². The second-order valence-corrected chi connectivity index (χ2v) is 5.09. The minimum absolute atomic E-state index is 0.0701. The molecule has 1 fully saturated rings. The largest absolute Gasteiger partial charge is 0.357 e. The predicted octanol–water partition coefficient (Wildman–Crippen LogP) is 2.79. The Balaban J connectivity index is 2.18. The molecule has 0 unspecified atom stereocenters. The van der Waals surface area contributed by atoms with Gasteiger partial charge >= 0.3 is 0 Å². The van der Waals surface area contributed by atoms with E-state index in [1.165, 1.54) is 31.2 Å². The van der Waals surface area contributed by atoms with Gasteiger partial charge in [-0.3, -0.25) is 0 Å². The topological polar surface area (TPSA) is 42.2 Å². The zero-order valence-electron chi connectivity index (χ0n) is 10.9. The van der Waals surface area contributed by atoms with Gasteiger partial charge in [0.2, 0.25) is 0 Å². The molecular weight excluding hydrogens is 210 g/mol. The van der Waals surface area contributed by atoms with Gasteiger partial charge in [-0.1, -0.05) is 12.8 Å². The maximum Gasteiger partial charge on any atom is 0.128 e. The van der Waals surface area contributed by atoms with Crippen molar-refractivity contribution >= 4 is 5.82 Å². The number of pyridine rings is 1. The molecule has 1 aromatic rings. The number of anilines is 1. The molecule has 17 heavy (non-hydrogen) atoms. The molecule has 1 aliphatic rings. The average molecular weight is 233 g/mol. The SMILES string of the molecule is Cc1cc(N2CCCCCC2)ncc1[C@H](C)N. The highest BCUT2D eigenvalue weighted by Gasteiger charge is 2.13. The Morgan fingerprint density at radius 2 is 1.88 bits per heavy atom. The van der Waals surface area contributed by atoms with E-state index in [1.807, 2.05) is 13.1 Å². The Morgan fingerprint density at radius 3 is 2.41 bits per heavy atom. The van der Waals surface area contributed by atoms with E-state index in [0.29, 0.717) is 0 Å². The van der Waals surface area contributed by atoms with Crippen LogP contribution in [0.2, 0.25) is 0 Å². The molecule has 0 bridgehead atoms. The molecule has 2 N–H and O–H groups in total. The van der Waals surface area contributed by atoms with Crippen molar-refractivity contribution in [1.82, 2.24) is 4.98 Å². The molecule has 0 spiro atoms. The average Bonchev–Trinajstić information content (AvgIpc) is 2.56. The smallest absolute Gasteiger partial charge is 0.128 e. The standard InChI is InChI=1S/C14H23N3/c1-11-9-14(16-10-13(11)12(2)15)17-7-5-3-4-6-8-17/h9-10,12H,3-8,15H2,1-2H3/t12-/m0/s1. The van der Waals surface area contributed by atoms with E-state index < -0.39 is 0 Å². The first-order valence-electron chi connectivity index (χ1n) is 6.65. The minimum Gasteiger partial charge on any atom is -0.357 e. The van der Waals surface area contributed by atoms with Crippen molar-refractivity contribution in [2.75, 3.05) is 18.0 Å². The van der Waals surface area contributed by atoms with Crippen molar-refractivity contribution in [3.05, 3.63) is 23.4 Å². The number of hydrogen-bond donors (Lipinski definition) is 1. The Morgan fingerprint density at radius 1 is 1.24 bits per heavy atom. The summed E-state index contributed by atoms with van der Waals surface area (Å²) in [6, 6.07) is 2.25. The van der Waals surface area contributed by atoms with Gasteiger partial charge in [0.15, 0.2) is 0 Å². The maximum absolute atomic E-state index is 5.91. The molecule has 1 atom stereocenters. The first kappa shape index (κ1) is 12.4. The third-order valence-electron chi connectivity index (χ3n) is 3.56. The molecule has 1 saturated heterocycles. The second kappa shape index (κ2) is 5.50. The highest BCUT2D eigenvalue weighted by Crippen LogP contribution is 2.22. The van der Waals surface area contributed by atoms with Gasteiger partial charge in [-0.05, 0) is 43.9 Å². The van der Waals surface area contributed by atoms with Crippen molar-refractivity contribution in [1.29, 1.82) is 0 Å². The van der Waals surface area contributed by atoms with Crippen LogP contribution in [0.4, 0.5) is 5.82 Å². The summed E-state index contributed by atoms with van der Waals surface area (Å²) in [6.07, 6.45) is 7.23. The van der Waals surface area contributed by atoms with Gasteiger partial charge in [-0.15, -0.1) is 0 Å². The normalized spacial score (nSPS) is 18.9. The summed E-state index contributed by atoms with van der Waals surface area (Å²) >= 11 is 0. The van der Waals surface area contributed by atoms with Crippen molar-refractivity contribution in [2.45, 2.75) is 45.6 Å². The van der Waals surface area contributed by atoms with Crippen LogP contribution in [-0.2, 0) is 0 Å². The van der Waals surface area contributed by atoms with Crippen molar-refractivity contribution in [3.63, 3.8) is 0 Å². The van der Waals surface area contributed by atoms with Crippen molar-refractivity contribution in [3.8, 4) is 0 Å². The van der Waals surface area contributed by atoms with Crippen LogP contribution in [0.1, 0.15) is 49.8 Å². The molecule has 0 amide bonds. The van der Waals surface area contributed by atoms with Crippen LogP contribution >= 0.6 is 0 Å². The Bertz CT molecular complexity index is 366. The van der Waals surface area contributed by atoms with Crippen LogP contribution in [0, 0.1) is 6.92 Å². The van der Waals surface area contributed by atoms with E-state index in [4.69, 9.17) is 5.73 Å². The number of aryl methyl sites for hydroxylation is 1. The Kier molecular flexibility index (Phi) is 4.00. The van der Waals surface area contributed by atoms with E-state index in [1.54, 1.807) is 0 Å². The van der Waals surface area contributed by atoms with E-state index in [2.05, 4.69) is 22.9 Å². The van der Waals surface area contributed by atoms with Gasteiger partial charge in [-0.25, -0.2) is 4.98 Å². The molecule has 1 aromatic heterocycles. The number of hydrogen-bond acceptors (Lipinski definition) is 3. The van der Waals surface area contributed by atoms with Crippen LogP contribution in [0.25, 0.3) is 0 Å². The molecule has 2 heterocycles. The van der Waals surface area contributed by atoms with Gasteiger partial charge in [0, 0.05) is 25.3 Å². The van der Waals surface area contributed by atoms with Crippen LogP contribution in [-0.4, -0.2) is 18.1 Å². The third kappa shape index (κ3) is 2.97. The lowest BCUT2D eigenvalue weighted by Gasteiger charge is -2.22. The molecular formula is C14H23N3. The molecule has 2 rings (SSSR count). The van der Waals surface area contributed by atoms with Crippen molar-refractivity contribution < 1.29 is 0 Å². The molecule has 1 aliphatic heterocycles. The monoisotopic (exact) mass is 233 g/mol. The van der Waals surface area contributed by atoms with Crippen LogP contribution in [0.5, 0.6) is 0 Å². The lowest BCUT2D eigenvalue weighted by molar-refractivity contribution is 0.726. The zero-order chi connectivity index (χ0) is 12.3. The lowest BCUT2D eigenvalue weighted by Crippen LogP contribution is -2.25.